The molecule has 1 unspecified atom stereocenters. The molecule has 0 heterocycles. The molecule has 0 radical (unpaired) electrons. The predicted molar refractivity (Wildman–Crippen MR) is 50.7 cm³/mol. The Balaban J connectivity index is 3.69. The minimum Gasteiger partial charge on any atom is -0.226 e. The average Bonchev–Trinajstić information content (AvgIpc) is 1.89. The molecule has 0 aromatic rings. The average molecular weight is 159 g/mol. The topological polar surface area (TPSA) is 12.4 Å². The van der Waals surface area contributed by atoms with Crippen LogP contribution in [0.15, 0.2) is 4.40 Å². The van der Waals surface area contributed by atoms with Gasteiger partial charge in [0.25, 0.3) is 0 Å². The molecular weight excluding hydrogens is 142 g/mol. The van der Waals surface area contributed by atoms with E-state index in [1.807, 2.05) is 6.26 Å². The van der Waals surface area contributed by atoms with Crippen LogP contribution in [0.1, 0.15) is 33.6 Å². The van der Waals surface area contributed by atoms with E-state index in [0.717, 1.165) is 0 Å². The van der Waals surface area contributed by atoms with Crippen molar-refractivity contribution >= 4 is 17.7 Å². The monoisotopic (exact) mass is 159 g/mol. The van der Waals surface area contributed by atoms with Gasteiger partial charge in [0.2, 0.25) is 0 Å². The van der Waals surface area contributed by atoms with E-state index in [4.69, 9.17) is 0 Å². The lowest BCUT2D eigenvalue weighted by Gasteiger charge is -2.07. The normalized spacial score (nSPS) is 15.4. The van der Waals surface area contributed by atoms with E-state index in [1.54, 1.807) is 11.9 Å². The van der Waals surface area contributed by atoms with Crippen molar-refractivity contribution in [3.63, 3.8) is 0 Å². The summed E-state index contributed by atoms with van der Waals surface area (Å²) in [5, 5.41) is 0. The molecular formula is C8H17NS. The number of rotatable bonds is 4. The SMILES string of the molecule is CCCC(C)C(C)=NSC. The molecule has 1 atom stereocenters. The highest BCUT2D eigenvalue weighted by molar-refractivity contribution is 7.97. The number of hydrogen-bond acceptors (Lipinski definition) is 2. The Kier molecular flexibility index (Phi) is 5.79. The molecule has 0 fully saturated rings. The molecule has 60 valence electrons. The summed E-state index contributed by atoms with van der Waals surface area (Å²) in [4.78, 5) is 0. The predicted octanol–water partition coefficient (Wildman–Crippen LogP) is 3.16. The lowest BCUT2D eigenvalue weighted by Crippen LogP contribution is -2.05. The maximum absolute atomic E-state index is 4.28. The summed E-state index contributed by atoms with van der Waals surface area (Å²) in [5.74, 6) is 0.664. The van der Waals surface area contributed by atoms with Gasteiger partial charge in [0.15, 0.2) is 0 Å². The van der Waals surface area contributed by atoms with Crippen LogP contribution in [0.3, 0.4) is 0 Å². The lowest BCUT2D eigenvalue weighted by molar-refractivity contribution is 0.665. The maximum atomic E-state index is 4.28. The van der Waals surface area contributed by atoms with Crippen molar-refractivity contribution in [1.82, 2.24) is 0 Å². The summed E-state index contributed by atoms with van der Waals surface area (Å²) in [6, 6.07) is 0. The van der Waals surface area contributed by atoms with Crippen LogP contribution in [-0.2, 0) is 0 Å². The molecule has 0 N–H and O–H groups in total. The first-order valence-corrected chi connectivity index (χ1v) is 4.98. The summed E-state index contributed by atoms with van der Waals surface area (Å²) in [6.45, 7) is 6.55. The van der Waals surface area contributed by atoms with Crippen LogP contribution in [0.2, 0.25) is 0 Å². The Morgan fingerprint density at radius 2 is 2.20 bits per heavy atom. The molecule has 0 rings (SSSR count). The zero-order valence-corrected chi connectivity index (χ0v) is 8.16. The molecule has 0 saturated heterocycles. The minimum atomic E-state index is 0.664. The Bertz CT molecular complexity index is 110. The van der Waals surface area contributed by atoms with Crippen molar-refractivity contribution in [1.29, 1.82) is 0 Å². The smallest absolute Gasteiger partial charge is 0.0259 e. The van der Waals surface area contributed by atoms with E-state index in [2.05, 4.69) is 25.2 Å². The molecule has 0 bridgehead atoms. The van der Waals surface area contributed by atoms with Crippen LogP contribution in [-0.4, -0.2) is 12.0 Å². The molecule has 1 nitrogen and oxygen atoms in total. The number of nitrogens with zero attached hydrogens (tertiary/aromatic N) is 1. The van der Waals surface area contributed by atoms with Crippen molar-refractivity contribution in [3.8, 4) is 0 Å². The van der Waals surface area contributed by atoms with E-state index in [1.165, 1.54) is 18.6 Å². The Labute approximate surface area is 68.4 Å². The van der Waals surface area contributed by atoms with Crippen LogP contribution < -0.4 is 0 Å². The van der Waals surface area contributed by atoms with Gasteiger partial charge in [-0.1, -0.05) is 20.3 Å². The molecule has 0 aromatic heterocycles. The molecule has 0 aliphatic heterocycles. The molecule has 0 amide bonds. The van der Waals surface area contributed by atoms with E-state index in [0.29, 0.717) is 5.92 Å². The van der Waals surface area contributed by atoms with Gasteiger partial charge in [-0.15, -0.1) is 0 Å². The second kappa shape index (κ2) is 5.78. The highest BCUT2D eigenvalue weighted by Crippen LogP contribution is 2.09. The second-order valence-corrected chi connectivity index (χ2v) is 3.15. The highest BCUT2D eigenvalue weighted by Gasteiger charge is 2.02. The number of hydrogen-bond donors (Lipinski definition) is 0. The third-order valence-electron chi connectivity index (χ3n) is 1.67. The molecule has 0 aromatic carbocycles. The summed E-state index contributed by atoms with van der Waals surface area (Å²) in [7, 11) is 0. The van der Waals surface area contributed by atoms with Crippen LogP contribution in [0, 0.1) is 5.92 Å². The lowest BCUT2D eigenvalue weighted by atomic mass is 10.0. The Morgan fingerprint density at radius 1 is 1.60 bits per heavy atom. The maximum Gasteiger partial charge on any atom is 0.0259 e. The third-order valence-corrected chi connectivity index (χ3v) is 2.14. The van der Waals surface area contributed by atoms with Gasteiger partial charge in [0.05, 0.1) is 0 Å². The molecule has 0 aliphatic carbocycles. The van der Waals surface area contributed by atoms with Gasteiger partial charge >= 0.3 is 0 Å². The van der Waals surface area contributed by atoms with Gasteiger partial charge in [-0.05, 0) is 31.2 Å². The molecule has 0 saturated carbocycles. The fourth-order valence-corrected chi connectivity index (χ4v) is 1.34. The van der Waals surface area contributed by atoms with Gasteiger partial charge in [-0.25, -0.2) is 4.40 Å². The minimum absolute atomic E-state index is 0.664. The van der Waals surface area contributed by atoms with Gasteiger partial charge in [-0.2, -0.15) is 0 Å². The van der Waals surface area contributed by atoms with Crippen molar-refractivity contribution in [2.75, 3.05) is 6.26 Å². The standard InChI is InChI=1S/C8H17NS/c1-5-6-7(2)8(3)9-10-4/h7H,5-6H2,1-4H3. The fourth-order valence-electron chi connectivity index (χ4n) is 0.876. The van der Waals surface area contributed by atoms with Crippen molar-refractivity contribution in [2.45, 2.75) is 33.6 Å². The molecule has 10 heavy (non-hydrogen) atoms. The molecule has 2 heteroatoms. The van der Waals surface area contributed by atoms with Crippen LogP contribution in [0.5, 0.6) is 0 Å². The molecule has 0 spiro atoms. The molecule has 0 aliphatic rings. The first-order chi connectivity index (χ1) is 4.72. The summed E-state index contributed by atoms with van der Waals surface area (Å²) in [5.41, 5.74) is 1.27. The van der Waals surface area contributed by atoms with Gasteiger partial charge in [0, 0.05) is 12.0 Å². The van der Waals surface area contributed by atoms with Crippen molar-refractivity contribution in [2.24, 2.45) is 10.3 Å². The van der Waals surface area contributed by atoms with Crippen molar-refractivity contribution < 1.29 is 0 Å². The van der Waals surface area contributed by atoms with Gasteiger partial charge < -0.3 is 0 Å². The van der Waals surface area contributed by atoms with E-state index >= 15 is 0 Å². The summed E-state index contributed by atoms with van der Waals surface area (Å²) >= 11 is 1.55. The van der Waals surface area contributed by atoms with E-state index in [9.17, 15) is 0 Å². The zero-order valence-electron chi connectivity index (χ0n) is 7.35. The summed E-state index contributed by atoms with van der Waals surface area (Å²) in [6.07, 6.45) is 4.51. The van der Waals surface area contributed by atoms with Crippen LogP contribution in [0.25, 0.3) is 0 Å². The Hall–Kier alpha value is 0.0200. The Morgan fingerprint density at radius 3 is 2.60 bits per heavy atom. The largest absolute Gasteiger partial charge is 0.226 e. The van der Waals surface area contributed by atoms with E-state index < -0.39 is 0 Å². The second-order valence-electron chi connectivity index (χ2n) is 2.60. The fraction of sp³-hybridized carbons (Fsp3) is 0.875. The van der Waals surface area contributed by atoms with Gasteiger partial charge in [-0.3, -0.25) is 0 Å². The summed E-state index contributed by atoms with van der Waals surface area (Å²) < 4.78 is 4.28. The first-order valence-electron chi connectivity index (χ1n) is 3.80. The zero-order chi connectivity index (χ0) is 7.98. The van der Waals surface area contributed by atoms with Gasteiger partial charge in [0.1, 0.15) is 0 Å². The van der Waals surface area contributed by atoms with E-state index in [-0.39, 0.29) is 0 Å². The van der Waals surface area contributed by atoms with Crippen molar-refractivity contribution in [3.05, 3.63) is 0 Å². The van der Waals surface area contributed by atoms with Crippen LogP contribution in [0.4, 0.5) is 0 Å². The van der Waals surface area contributed by atoms with Crippen LogP contribution >= 0.6 is 11.9 Å². The quantitative estimate of drug-likeness (QED) is 0.453. The first kappa shape index (κ1) is 10.0. The third kappa shape index (κ3) is 3.94. The highest BCUT2D eigenvalue weighted by atomic mass is 32.2.